The van der Waals surface area contributed by atoms with Crippen molar-refractivity contribution in [1.82, 2.24) is 5.43 Å². The smallest absolute Gasteiger partial charge is 0.307 e. The molecule has 7 nitrogen and oxygen atoms in total. The molecular formula is C10H31N5O2. The van der Waals surface area contributed by atoms with E-state index in [9.17, 15) is 4.79 Å². The lowest BCUT2D eigenvalue weighted by Gasteiger charge is -2.19. The Balaban J connectivity index is -0.000000121. The van der Waals surface area contributed by atoms with Crippen molar-refractivity contribution < 1.29 is 9.53 Å². The maximum atomic E-state index is 10.9. The van der Waals surface area contributed by atoms with Crippen molar-refractivity contribution in [3.63, 3.8) is 0 Å². The first-order valence-corrected chi connectivity index (χ1v) is 5.34. The Kier molecular flexibility index (Phi) is 30.6. The molecule has 108 valence electrons. The van der Waals surface area contributed by atoms with Gasteiger partial charge < -0.3 is 21.9 Å². The third-order valence-electron chi connectivity index (χ3n) is 0.893. The SMILES string of the molecule is CC(C)(C)OC(=O)CCNN.CN.CN.CN. The van der Waals surface area contributed by atoms with E-state index in [2.05, 4.69) is 22.6 Å². The van der Waals surface area contributed by atoms with Gasteiger partial charge in [-0.2, -0.15) is 0 Å². The second kappa shape index (κ2) is 20.7. The van der Waals surface area contributed by atoms with Crippen molar-refractivity contribution in [1.29, 1.82) is 0 Å². The molecule has 9 N–H and O–H groups in total. The second-order valence-corrected chi connectivity index (χ2v) is 3.29. The minimum Gasteiger partial charge on any atom is -0.460 e. The fourth-order valence-electron chi connectivity index (χ4n) is 0.567. The van der Waals surface area contributed by atoms with Gasteiger partial charge in [0.05, 0.1) is 6.42 Å². The molecule has 0 radical (unpaired) electrons. The summed E-state index contributed by atoms with van der Waals surface area (Å²) >= 11 is 0. The molecule has 0 aromatic heterocycles. The Morgan fingerprint density at radius 3 is 1.65 bits per heavy atom. The van der Waals surface area contributed by atoms with Crippen LogP contribution in [-0.2, 0) is 9.53 Å². The Bertz CT molecular complexity index is 137. The van der Waals surface area contributed by atoms with E-state index in [0.29, 0.717) is 13.0 Å². The lowest BCUT2D eigenvalue weighted by atomic mass is 10.2. The molecule has 0 saturated carbocycles. The summed E-state index contributed by atoms with van der Waals surface area (Å²) < 4.78 is 5.01. The van der Waals surface area contributed by atoms with Gasteiger partial charge in [0.15, 0.2) is 0 Å². The molecule has 0 aliphatic rings. The van der Waals surface area contributed by atoms with Gasteiger partial charge in [-0.25, -0.2) is 0 Å². The second-order valence-electron chi connectivity index (χ2n) is 3.29. The number of nitrogens with two attached hydrogens (primary N) is 4. The number of hydrogen-bond acceptors (Lipinski definition) is 7. The number of hydrogen-bond donors (Lipinski definition) is 5. The lowest BCUT2D eigenvalue weighted by Crippen LogP contribution is -2.29. The highest BCUT2D eigenvalue weighted by molar-refractivity contribution is 5.70. The molecule has 0 saturated heterocycles. The summed E-state index contributed by atoms with van der Waals surface area (Å²) in [4.78, 5) is 10.9. The van der Waals surface area contributed by atoms with Gasteiger partial charge in [0.2, 0.25) is 0 Å². The van der Waals surface area contributed by atoms with Crippen LogP contribution in [0.1, 0.15) is 27.2 Å². The summed E-state index contributed by atoms with van der Waals surface area (Å²) in [5.41, 5.74) is 15.5. The zero-order chi connectivity index (χ0) is 14.9. The average Bonchev–Trinajstić information content (AvgIpc) is 2.32. The van der Waals surface area contributed by atoms with E-state index in [1.165, 1.54) is 21.1 Å². The maximum absolute atomic E-state index is 10.9. The normalized spacial score (nSPS) is 8.35. The summed E-state index contributed by atoms with van der Waals surface area (Å²) in [6.07, 6.45) is 0.313. The number of ether oxygens (including phenoxy) is 1. The number of rotatable bonds is 3. The van der Waals surface area contributed by atoms with Crippen LogP contribution in [0.5, 0.6) is 0 Å². The van der Waals surface area contributed by atoms with Crippen LogP contribution >= 0.6 is 0 Å². The molecule has 0 heterocycles. The summed E-state index contributed by atoms with van der Waals surface area (Å²) in [6.45, 7) is 5.96. The minimum atomic E-state index is -0.397. The molecule has 0 fully saturated rings. The average molecular weight is 253 g/mol. The van der Waals surface area contributed by atoms with E-state index in [-0.39, 0.29) is 5.97 Å². The van der Waals surface area contributed by atoms with Gasteiger partial charge in [0, 0.05) is 6.54 Å². The van der Waals surface area contributed by atoms with Crippen LogP contribution in [0.15, 0.2) is 0 Å². The predicted molar refractivity (Wildman–Crippen MR) is 73.0 cm³/mol. The minimum absolute atomic E-state index is 0.226. The first kappa shape index (κ1) is 25.2. The van der Waals surface area contributed by atoms with Crippen LogP contribution in [0.2, 0.25) is 0 Å². The summed E-state index contributed by atoms with van der Waals surface area (Å²) in [5, 5.41) is 0. The topological polar surface area (TPSA) is 142 Å². The van der Waals surface area contributed by atoms with Crippen LogP contribution in [0.3, 0.4) is 0 Å². The number of nitrogens with one attached hydrogen (secondary N) is 1. The third kappa shape index (κ3) is 39.3. The molecule has 0 aromatic rings. The van der Waals surface area contributed by atoms with Crippen LogP contribution in [0.4, 0.5) is 0 Å². The van der Waals surface area contributed by atoms with Crippen LogP contribution in [0, 0.1) is 0 Å². The van der Waals surface area contributed by atoms with Gasteiger partial charge in [-0.15, -0.1) is 0 Å². The van der Waals surface area contributed by atoms with Gasteiger partial charge in [0.1, 0.15) is 5.60 Å². The fourth-order valence-corrected chi connectivity index (χ4v) is 0.567. The van der Waals surface area contributed by atoms with Crippen molar-refractivity contribution in [3.8, 4) is 0 Å². The Morgan fingerprint density at radius 2 is 1.41 bits per heavy atom. The highest BCUT2D eigenvalue weighted by Gasteiger charge is 2.15. The molecule has 0 aliphatic heterocycles. The summed E-state index contributed by atoms with van der Waals surface area (Å²) in [6, 6.07) is 0. The Morgan fingerprint density at radius 1 is 1.06 bits per heavy atom. The highest BCUT2D eigenvalue weighted by atomic mass is 16.6. The number of carbonyl (C=O) groups is 1. The van der Waals surface area contributed by atoms with Crippen molar-refractivity contribution in [2.24, 2.45) is 23.0 Å². The third-order valence-corrected chi connectivity index (χ3v) is 0.893. The molecule has 0 bridgehead atoms. The molecule has 0 atom stereocenters. The first-order chi connectivity index (χ1) is 7.95. The number of hydrazine groups is 1. The zero-order valence-corrected chi connectivity index (χ0v) is 12.0. The molecular weight excluding hydrogens is 222 g/mol. The number of esters is 1. The molecule has 0 rings (SSSR count). The number of carbonyl (C=O) groups excluding carboxylic acids is 1. The monoisotopic (exact) mass is 253 g/mol. The van der Waals surface area contributed by atoms with Gasteiger partial charge >= 0.3 is 5.97 Å². The molecule has 0 unspecified atom stereocenters. The standard InChI is InChI=1S/C7H16N2O2.3CH5N/c1-7(2,3)11-6(10)4-5-9-8;3*1-2/h9H,4-5,8H2,1-3H3;3*2H2,1H3. The van der Waals surface area contributed by atoms with E-state index >= 15 is 0 Å². The maximum Gasteiger partial charge on any atom is 0.307 e. The van der Waals surface area contributed by atoms with E-state index in [1.807, 2.05) is 20.8 Å². The Hall–Kier alpha value is -0.730. The lowest BCUT2D eigenvalue weighted by molar-refractivity contribution is -0.154. The molecule has 0 amide bonds. The molecule has 0 spiro atoms. The predicted octanol–water partition coefficient (Wildman–Crippen LogP) is -1.09. The molecule has 0 aliphatic carbocycles. The Labute approximate surface area is 105 Å². The van der Waals surface area contributed by atoms with Crippen molar-refractivity contribution in [2.45, 2.75) is 32.8 Å². The zero-order valence-electron chi connectivity index (χ0n) is 12.0. The van der Waals surface area contributed by atoms with Crippen LogP contribution < -0.4 is 28.5 Å². The first-order valence-electron chi connectivity index (χ1n) is 5.34. The fraction of sp³-hybridized carbons (Fsp3) is 0.900. The van der Waals surface area contributed by atoms with Crippen LogP contribution in [-0.4, -0.2) is 39.3 Å². The summed E-state index contributed by atoms with van der Waals surface area (Å²) in [7, 11) is 4.50. The quantitative estimate of drug-likeness (QED) is 0.244. The molecule has 0 aromatic carbocycles. The van der Waals surface area contributed by atoms with E-state index < -0.39 is 5.60 Å². The van der Waals surface area contributed by atoms with E-state index in [1.54, 1.807) is 0 Å². The highest BCUT2D eigenvalue weighted by Crippen LogP contribution is 2.07. The van der Waals surface area contributed by atoms with Crippen molar-refractivity contribution in [3.05, 3.63) is 0 Å². The van der Waals surface area contributed by atoms with Crippen molar-refractivity contribution >= 4 is 5.97 Å². The largest absolute Gasteiger partial charge is 0.460 e. The van der Waals surface area contributed by atoms with Gasteiger partial charge in [-0.05, 0) is 41.9 Å². The molecule has 17 heavy (non-hydrogen) atoms. The van der Waals surface area contributed by atoms with E-state index in [4.69, 9.17) is 10.6 Å². The van der Waals surface area contributed by atoms with Gasteiger partial charge in [0.25, 0.3) is 0 Å². The van der Waals surface area contributed by atoms with E-state index in [0.717, 1.165) is 0 Å². The van der Waals surface area contributed by atoms with Gasteiger partial charge in [-0.1, -0.05) is 0 Å². The summed E-state index contributed by atoms with van der Waals surface area (Å²) in [5.74, 6) is 4.76. The molecule has 7 heteroatoms. The van der Waals surface area contributed by atoms with Gasteiger partial charge in [-0.3, -0.25) is 16.1 Å². The van der Waals surface area contributed by atoms with Crippen molar-refractivity contribution in [2.75, 3.05) is 27.7 Å². The van der Waals surface area contributed by atoms with Crippen LogP contribution in [0.25, 0.3) is 0 Å².